The van der Waals surface area contributed by atoms with E-state index in [9.17, 15) is 22.8 Å². The molecule has 3 amide bonds. The van der Waals surface area contributed by atoms with E-state index in [1.165, 1.54) is 6.92 Å². The summed E-state index contributed by atoms with van der Waals surface area (Å²) in [7, 11) is -3.11. The van der Waals surface area contributed by atoms with Crippen molar-refractivity contribution >= 4 is 27.6 Å². The molecule has 7 nitrogen and oxygen atoms in total. The van der Waals surface area contributed by atoms with Crippen molar-refractivity contribution in [2.75, 3.05) is 11.5 Å². The highest BCUT2D eigenvalue weighted by Gasteiger charge is 2.41. The zero-order chi connectivity index (χ0) is 16.8. The second kappa shape index (κ2) is 5.45. The van der Waals surface area contributed by atoms with Crippen molar-refractivity contribution in [1.82, 2.24) is 10.2 Å². The maximum absolute atomic E-state index is 12.3. The summed E-state index contributed by atoms with van der Waals surface area (Å²) in [6, 6.07) is 4.94. The van der Waals surface area contributed by atoms with Crippen molar-refractivity contribution < 1.29 is 22.8 Å². The number of hydrogen-bond donors (Lipinski definition) is 1. The number of fused-ring (bicyclic) bond motifs is 1. The Morgan fingerprint density at radius 1 is 1.22 bits per heavy atom. The number of imide groups is 1. The lowest BCUT2D eigenvalue weighted by Crippen LogP contribution is -2.50. The normalized spacial score (nSPS) is 23.7. The Kier molecular flexibility index (Phi) is 3.71. The highest BCUT2D eigenvalue weighted by atomic mass is 32.2. The molecule has 0 aliphatic carbocycles. The van der Waals surface area contributed by atoms with Gasteiger partial charge in [0.15, 0.2) is 9.84 Å². The summed E-state index contributed by atoms with van der Waals surface area (Å²) in [4.78, 5) is 37.9. The lowest BCUT2D eigenvalue weighted by atomic mass is 10.1. The summed E-state index contributed by atoms with van der Waals surface area (Å²) < 4.78 is 22.9. The van der Waals surface area contributed by atoms with Gasteiger partial charge in [-0.1, -0.05) is 12.1 Å². The quantitative estimate of drug-likeness (QED) is 0.782. The van der Waals surface area contributed by atoms with E-state index in [1.54, 1.807) is 24.3 Å². The van der Waals surface area contributed by atoms with Crippen LogP contribution in [0.3, 0.4) is 0 Å². The van der Waals surface area contributed by atoms with Gasteiger partial charge in [0.05, 0.1) is 22.6 Å². The fourth-order valence-corrected chi connectivity index (χ4v) is 4.58. The van der Waals surface area contributed by atoms with E-state index in [0.717, 1.165) is 4.90 Å². The summed E-state index contributed by atoms with van der Waals surface area (Å²) in [5.41, 5.74) is 0.557. The predicted molar refractivity (Wildman–Crippen MR) is 81.6 cm³/mol. The van der Waals surface area contributed by atoms with Gasteiger partial charge in [-0.05, 0) is 25.5 Å². The van der Waals surface area contributed by atoms with Gasteiger partial charge in [0.25, 0.3) is 11.8 Å². The SMILES string of the molecule is C[C@H](C(=O)N[C@@H]1CCS(=O)(=O)C1)N1C(=O)c2ccccc2C1=O. The van der Waals surface area contributed by atoms with E-state index in [1.807, 2.05) is 0 Å². The molecule has 1 aromatic rings. The van der Waals surface area contributed by atoms with Crippen molar-refractivity contribution in [2.45, 2.75) is 25.4 Å². The van der Waals surface area contributed by atoms with Crippen molar-refractivity contribution in [1.29, 1.82) is 0 Å². The lowest BCUT2D eigenvalue weighted by Gasteiger charge is -2.23. The zero-order valence-electron chi connectivity index (χ0n) is 12.5. The maximum Gasteiger partial charge on any atom is 0.262 e. The van der Waals surface area contributed by atoms with Crippen LogP contribution in [0.5, 0.6) is 0 Å². The standard InChI is InChI=1S/C15H16N2O5S/c1-9(13(18)16-10-6-7-23(21,22)8-10)17-14(19)11-4-2-3-5-12(11)15(17)20/h2-5,9-10H,6-8H2,1H3,(H,16,18)/t9-,10-/m1/s1. The number of benzene rings is 1. The smallest absolute Gasteiger partial charge is 0.262 e. The van der Waals surface area contributed by atoms with Crippen molar-refractivity contribution in [3.05, 3.63) is 35.4 Å². The van der Waals surface area contributed by atoms with Crippen LogP contribution in [-0.2, 0) is 14.6 Å². The number of nitrogens with one attached hydrogen (secondary N) is 1. The molecule has 0 spiro atoms. The average Bonchev–Trinajstić information content (AvgIpc) is 2.97. The Morgan fingerprint density at radius 2 is 1.78 bits per heavy atom. The summed E-state index contributed by atoms with van der Waals surface area (Å²) in [5.74, 6) is -1.60. The van der Waals surface area contributed by atoms with Gasteiger partial charge in [0.2, 0.25) is 5.91 Å². The fourth-order valence-electron chi connectivity index (χ4n) is 2.91. The highest BCUT2D eigenvalue weighted by molar-refractivity contribution is 7.91. The third-order valence-electron chi connectivity index (χ3n) is 4.17. The number of carbonyl (C=O) groups excluding carboxylic acids is 3. The van der Waals surface area contributed by atoms with Crippen molar-refractivity contribution in [3.63, 3.8) is 0 Å². The number of carbonyl (C=O) groups is 3. The van der Waals surface area contributed by atoms with E-state index in [-0.39, 0.29) is 22.6 Å². The third-order valence-corrected chi connectivity index (χ3v) is 5.94. The van der Waals surface area contributed by atoms with Crippen LogP contribution < -0.4 is 5.32 Å². The largest absolute Gasteiger partial charge is 0.351 e. The predicted octanol–water partition coefficient (Wildman–Crippen LogP) is -0.0256. The minimum Gasteiger partial charge on any atom is -0.351 e. The van der Waals surface area contributed by atoms with Gasteiger partial charge in [-0.15, -0.1) is 0 Å². The first-order valence-corrected chi connectivity index (χ1v) is 9.10. The van der Waals surface area contributed by atoms with E-state index in [0.29, 0.717) is 6.42 Å². The summed E-state index contributed by atoms with van der Waals surface area (Å²) in [6.07, 6.45) is 0.350. The second-order valence-electron chi connectivity index (χ2n) is 5.81. The topological polar surface area (TPSA) is 101 Å². The number of nitrogens with zero attached hydrogens (tertiary/aromatic N) is 1. The minimum absolute atomic E-state index is 0.0410. The maximum atomic E-state index is 12.3. The minimum atomic E-state index is -3.11. The zero-order valence-corrected chi connectivity index (χ0v) is 13.3. The van der Waals surface area contributed by atoms with Gasteiger partial charge < -0.3 is 5.32 Å². The van der Waals surface area contributed by atoms with Crippen LogP contribution in [0, 0.1) is 0 Å². The molecule has 1 saturated heterocycles. The first-order valence-electron chi connectivity index (χ1n) is 7.28. The van der Waals surface area contributed by atoms with E-state index in [4.69, 9.17) is 0 Å². The molecule has 8 heteroatoms. The Balaban J connectivity index is 1.74. The molecule has 2 aliphatic heterocycles. The van der Waals surface area contributed by atoms with Crippen LogP contribution in [0.2, 0.25) is 0 Å². The van der Waals surface area contributed by atoms with Gasteiger partial charge in [-0.3, -0.25) is 19.3 Å². The molecule has 1 N–H and O–H groups in total. The Labute approximate surface area is 133 Å². The molecule has 0 unspecified atom stereocenters. The van der Waals surface area contributed by atoms with Crippen LogP contribution in [-0.4, -0.2) is 54.6 Å². The molecular formula is C15H16N2O5S. The monoisotopic (exact) mass is 336 g/mol. The van der Waals surface area contributed by atoms with Crippen LogP contribution in [0.15, 0.2) is 24.3 Å². The Bertz CT molecular complexity index is 767. The van der Waals surface area contributed by atoms with Gasteiger partial charge in [0, 0.05) is 6.04 Å². The molecule has 0 radical (unpaired) electrons. The van der Waals surface area contributed by atoms with E-state index < -0.39 is 39.6 Å². The van der Waals surface area contributed by atoms with Crippen molar-refractivity contribution in [2.24, 2.45) is 0 Å². The van der Waals surface area contributed by atoms with Gasteiger partial charge in [0.1, 0.15) is 6.04 Å². The second-order valence-corrected chi connectivity index (χ2v) is 8.04. The summed E-state index contributed by atoms with van der Waals surface area (Å²) >= 11 is 0. The highest BCUT2D eigenvalue weighted by Crippen LogP contribution is 2.24. The molecule has 3 rings (SSSR count). The molecule has 122 valence electrons. The first kappa shape index (κ1) is 15.7. The average molecular weight is 336 g/mol. The van der Waals surface area contributed by atoms with Gasteiger partial charge >= 0.3 is 0 Å². The number of sulfone groups is 1. The first-order chi connectivity index (χ1) is 10.8. The van der Waals surface area contributed by atoms with Crippen molar-refractivity contribution in [3.8, 4) is 0 Å². The van der Waals surface area contributed by atoms with Gasteiger partial charge in [-0.2, -0.15) is 0 Å². The Morgan fingerprint density at radius 3 is 2.26 bits per heavy atom. The molecule has 0 bridgehead atoms. The number of hydrogen-bond acceptors (Lipinski definition) is 5. The molecule has 1 aromatic carbocycles. The molecular weight excluding hydrogens is 320 g/mol. The lowest BCUT2D eigenvalue weighted by molar-refractivity contribution is -0.125. The summed E-state index contributed by atoms with van der Waals surface area (Å²) in [5, 5.41) is 2.61. The molecule has 2 atom stereocenters. The molecule has 0 aromatic heterocycles. The number of amides is 3. The Hall–Kier alpha value is -2.22. The molecule has 2 aliphatic rings. The number of rotatable bonds is 3. The molecule has 2 heterocycles. The van der Waals surface area contributed by atoms with Crippen LogP contribution >= 0.6 is 0 Å². The molecule has 0 saturated carbocycles. The van der Waals surface area contributed by atoms with Crippen LogP contribution in [0.1, 0.15) is 34.1 Å². The third kappa shape index (κ3) is 2.74. The van der Waals surface area contributed by atoms with Crippen LogP contribution in [0.4, 0.5) is 0 Å². The van der Waals surface area contributed by atoms with Gasteiger partial charge in [-0.25, -0.2) is 8.42 Å². The molecule has 1 fully saturated rings. The fraction of sp³-hybridized carbons (Fsp3) is 0.400. The van der Waals surface area contributed by atoms with E-state index in [2.05, 4.69) is 5.32 Å². The summed E-state index contributed by atoms with van der Waals surface area (Å²) in [6.45, 7) is 1.46. The molecule has 23 heavy (non-hydrogen) atoms. The van der Waals surface area contributed by atoms with E-state index >= 15 is 0 Å². The van der Waals surface area contributed by atoms with Crippen LogP contribution in [0.25, 0.3) is 0 Å².